The van der Waals surface area contributed by atoms with Crippen molar-refractivity contribution in [1.29, 1.82) is 0 Å². The van der Waals surface area contributed by atoms with E-state index in [4.69, 9.17) is 14.2 Å². The summed E-state index contributed by atoms with van der Waals surface area (Å²) in [6.07, 6.45) is 2.55. The molecule has 0 aromatic heterocycles. The van der Waals surface area contributed by atoms with Crippen LogP contribution in [0.2, 0.25) is 0 Å². The zero-order chi connectivity index (χ0) is 24.2. The first-order chi connectivity index (χ1) is 15.3. The first-order valence-electron chi connectivity index (χ1n) is 11.2. The van der Waals surface area contributed by atoms with Gasteiger partial charge >= 0.3 is 17.9 Å². The van der Waals surface area contributed by atoms with Crippen LogP contribution in [0.3, 0.4) is 0 Å². The first kappa shape index (κ1) is 30.7. The van der Waals surface area contributed by atoms with Gasteiger partial charge in [0.15, 0.2) is 0 Å². The second-order valence-corrected chi connectivity index (χ2v) is 7.96. The third-order valence-corrected chi connectivity index (χ3v) is 5.04. The maximum atomic E-state index is 12.0. The highest BCUT2D eigenvalue weighted by atomic mass is 127. The van der Waals surface area contributed by atoms with Crippen LogP contribution in [-0.4, -0.2) is 79.8 Å². The minimum atomic E-state index is -0.705. The summed E-state index contributed by atoms with van der Waals surface area (Å²) in [7, 11) is 0. The van der Waals surface area contributed by atoms with E-state index in [9.17, 15) is 19.2 Å². The van der Waals surface area contributed by atoms with Gasteiger partial charge in [-0.2, -0.15) is 0 Å². The topological polar surface area (TPSA) is 132 Å². The van der Waals surface area contributed by atoms with E-state index in [1.54, 1.807) is 43.4 Å². The molecule has 0 fully saturated rings. The summed E-state index contributed by atoms with van der Waals surface area (Å²) in [4.78, 5) is 46.8. The normalized spacial score (nSPS) is 12.6. The fourth-order valence-corrected chi connectivity index (χ4v) is 3.19. The summed E-state index contributed by atoms with van der Waals surface area (Å²) in [5.74, 6) is -1.26. The van der Waals surface area contributed by atoms with E-state index in [1.165, 1.54) is 0 Å². The molecular weight excluding hydrogens is 533 g/mol. The number of unbranched alkanes of at least 4 members (excludes halogenated alkanes) is 1. The highest BCUT2D eigenvalue weighted by molar-refractivity contribution is 14.1. The minimum absolute atomic E-state index is 0.0455. The summed E-state index contributed by atoms with van der Waals surface area (Å²) in [6, 6.07) is -1.22. The molecule has 0 aromatic rings. The summed E-state index contributed by atoms with van der Waals surface area (Å²) in [5, 5.41) is 9.47. The van der Waals surface area contributed by atoms with Crippen molar-refractivity contribution in [2.75, 3.05) is 46.0 Å². The average Bonchev–Trinajstić information content (AvgIpc) is 2.73. The van der Waals surface area contributed by atoms with Crippen LogP contribution in [0.1, 0.15) is 52.9 Å². The zero-order valence-corrected chi connectivity index (χ0v) is 21.5. The van der Waals surface area contributed by atoms with Gasteiger partial charge in [0.05, 0.1) is 38.7 Å². The SMILES string of the molecule is CCOC(=O)CC(NCCCCNCCCNC(CC(=O)OCC)C(=O)OCC)C(=O)I. The van der Waals surface area contributed by atoms with Gasteiger partial charge in [-0.3, -0.25) is 19.2 Å². The zero-order valence-electron chi connectivity index (χ0n) is 19.4. The Morgan fingerprint density at radius 1 is 0.688 bits per heavy atom. The van der Waals surface area contributed by atoms with Crippen LogP contribution in [0.4, 0.5) is 0 Å². The molecule has 0 spiro atoms. The number of ether oxygens (including phenoxy) is 3. The Bertz CT molecular complexity index is 564. The number of carbonyl (C=O) groups excluding carboxylic acids is 4. The third-order valence-electron chi connectivity index (χ3n) is 4.29. The second kappa shape index (κ2) is 20.3. The number of carbonyl (C=O) groups is 4. The molecule has 186 valence electrons. The van der Waals surface area contributed by atoms with E-state index >= 15 is 0 Å². The number of hydrogen-bond acceptors (Lipinski definition) is 10. The van der Waals surface area contributed by atoms with Crippen LogP contribution in [0, 0.1) is 0 Å². The van der Waals surface area contributed by atoms with Gasteiger partial charge < -0.3 is 30.2 Å². The number of hydrogen-bond donors (Lipinski definition) is 3. The Hall–Kier alpha value is -1.31. The van der Waals surface area contributed by atoms with Crippen molar-refractivity contribution in [3.63, 3.8) is 0 Å². The summed E-state index contributed by atoms with van der Waals surface area (Å²) >= 11 is 1.69. The van der Waals surface area contributed by atoms with E-state index < -0.39 is 24.0 Å². The lowest BCUT2D eigenvalue weighted by molar-refractivity contribution is -0.152. The Balaban J connectivity index is 3.93. The van der Waals surface area contributed by atoms with Gasteiger partial charge in [0.2, 0.25) is 3.79 Å². The molecule has 3 N–H and O–H groups in total. The van der Waals surface area contributed by atoms with Crippen LogP contribution in [-0.2, 0) is 33.4 Å². The average molecular weight is 571 g/mol. The van der Waals surface area contributed by atoms with E-state index in [0.717, 1.165) is 32.4 Å². The second-order valence-electron chi connectivity index (χ2n) is 6.90. The molecule has 0 rings (SSSR count). The van der Waals surface area contributed by atoms with Gasteiger partial charge in [-0.15, -0.1) is 0 Å². The van der Waals surface area contributed by atoms with Crippen LogP contribution in [0.15, 0.2) is 0 Å². The van der Waals surface area contributed by atoms with Crippen molar-refractivity contribution in [3.8, 4) is 0 Å². The van der Waals surface area contributed by atoms with Gasteiger partial charge in [0.25, 0.3) is 0 Å². The highest BCUT2D eigenvalue weighted by Gasteiger charge is 2.23. The van der Waals surface area contributed by atoms with Crippen molar-refractivity contribution in [1.82, 2.24) is 16.0 Å². The molecule has 0 heterocycles. The molecule has 0 aliphatic heterocycles. The summed E-state index contributed by atoms with van der Waals surface area (Å²) in [5.41, 5.74) is 0. The molecule has 0 saturated heterocycles. The molecule has 0 radical (unpaired) electrons. The summed E-state index contributed by atoms with van der Waals surface area (Å²) in [6.45, 7) is 8.77. The first-order valence-corrected chi connectivity index (χ1v) is 12.3. The van der Waals surface area contributed by atoms with Crippen molar-refractivity contribution in [3.05, 3.63) is 0 Å². The van der Waals surface area contributed by atoms with E-state index in [0.29, 0.717) is 19.7 Å². The Kier molecular flexibility index (Phi) is 19.5. The van der Waals surface area contributed by atoms with Crippen molar-refractivity contribution < 1.29 is 33.4 Å². The molecule has 0 aliphatic rings. The predicted octanol–water partition coefficient (Wildman–Crippen LogP) is 1.09. The highest BCUT2D eigenvalue weighted by Crippen LogP contribution is 2.03. The van der Waals surface area contributed by atoms with Crippen molar-refractivity contribution in [2.45, 2.75) is 65.0 Å². The quantitative estimate of drug-likeness (QED) is 0.0642. The standard InChI is InChI=1S/C21H38IN3O7/c1-4-30-18(26)14-16(20(22)28)24-12-8-7-10-23-11-9-13-25-17(21(29)32-6-3)15-19(27)31-5-2/h16-17,23-25H,4-15H2,1-3H3. The van der Waals surface area contributed by atoms with Crippen molar-refractivity contribution in [2.24, 2.45) is 0 Å². The largest absolute Gasteiger partial charge is 0.466 e. The van der Waals surface area contributed by atoms with Gasteiger partial charge in [0.1, 0.15) is 6.04 Å². The van der Waals surface area contributed by atoms with Gasteiger partial charge in [0, 0.05) is 22.6 Å². The number of halogens is 1. The lowest BCUT2D eigenvalue weighted by Crippen LogP contribution is -2.41. The third kappa shape index (κ3) is 16.3. The van der Waals surface area contributed by atoms with Gasteiger partial charge in [-0.25, -0.2) is 0 Å². The predicted molar refractivity (Wildman–Crippen MR) is 128 cm³/mol. The van der Waals surface area contributed by atoms with Crippen LogP contribution >= 0.6 is 22.6 Å². The Labute approximate surface area is 204 Å². The fraction of sp³-hybridized carbons (Fsp3) is 0.810. The minimum Gasteiger partial charge on any atom is -0.466 e. The van der Waals surface area contributed by atoms with E-state index in [1.807, 2.05) is 0 Å². The van der Waals surface area contributed by atoms with Crippen molar-refractivity contribution >= 4 is 44.3 Å². The molecule has 0 saturated carbocycles. The van der Waals surface area contributed by atoms with Crippen LogP contribution < -0.4 is 16.0 Å². The lowest BCUT2D eigenvalue weighted by atomic mass is 10.2. The maximum absolute atomic E-state index is 12.0. The molecule has 0 aliphatic carbocycles. The van der Waals surface area contributed by atoms with E-state index in [-0.39, 0.29) is 35.8 Å². The number of nitrogens with one attached hydrogen (secondary N) is 3. The molecular formula is C21H38IN3O7. The summed E-state index contributed by atoms with van der Waals surface area (Å²) < 4.78 is 14.7. The maximum Gasteiger partial charge on any atom is 0.323 e. The number of rotatable bonds is 20. The lowest BCUT2D eigenvalue weighted by Gasteiger charge is -2.16. The van der Waals surface area contributed by atoms with Crippen LogP contribution in [0.5, 0.6) is 0 Å². The number of esters is 3. The molecule has 0 bridgehead atoms. The molecule has 32 heavy (non-hydrogen) atoms. The fourth-order valence-electron chi connectivity index (χ4n) is 2.75. The van der Waals surface area contributed by atoms with E-state index in [2.05, 4.69) is 16.0 Å². The van der Waals surface area contributed by atoms with Gasteiger partial charge in [-0.1, -0.05) is 0 Å². The molecule has 11 heteroatoms. The Morgan fingerprint density at radius 3 is 1.72 bits per heavy atom. The smallest absolute Gasteiger partial charge is 0.323 e. The monoisotopic (exact) mass is 571 g/mol. The molecule has 2 atom stereocenters. The Morgan fingerprint density at radius 2 is 1.16 bits per heavy atom. The van der Waals surface area contributed by atoms with Crippen LogP contribution in [0.25, 0.3) is 0 Å². The van der Waals surface area contributed by atoms with Gasteiger partial charge in [-0.05, 0) is 66.2 Å². The molecule has 0 amide bonds. The molecule has 2 unspecified atom stereocenters. The molecule has 10 nitrogen and oxygen atoms in total. The molecule has 0 aromatic carbocycles.